The van der Waals surface area contributed by atoms with Crippen molar-refractivity contribution < 1.29 is 4.74 Å². The van der Waals surface area contributed by atoms with Crippen molar-refractivity contribution in [1.82, 2.24) is 5.32 Å². The minimum atomic E-state index is 0.366. The summed E-state index contributed by atoms with van der Waals surface area (Å²) >= 11 is 5.23. The van der Waals surface area contributed by atoms with Gasteiger partial charge in [-0.1, -0.05) is 25.6 Å². The van der Waals surface area contributed by atoms with E-state index in [2.05, 4.69) is 31.1 Å². The molecule has 0 aromatic heterocycles. The average molecular weight is 264 g/mol. The highest BCUT2D eigenvalue weighted by molar-refractivity contribution is 7.80. The maximum Gasteiger partial charge on any atom is 0.170 e. The van der Waals surface area contributed by atoms with Crippen LogP contribution in [0.1, 0.15) is 20.3 Å². The molecule has 4 heteroatoms. The summed E-state index contributed by atoms with van der Waals surface area (Å²) in [6.07, 6.45) is 2.75. The summed E-state index contributed by atoms with van der Waals surface area (Å²) in [7, 11) is 0. The van der Waals surface area contributed by atoms with Crippen molar-refractivity contribution in [2.45, 2.75) is 26.3 Å². The monoisotopic (exact) mass is 264 g/mol. The molecule has 0 unspecified atom stereocenters. The van der Waals surface area contributed by atoms with E-state index in [0.29, 0.717) is 17.8 Å². The van der Waals surface area contributed by atoms with E-state index >= 15 is 0 Å². The van der Waals surface area contributed by atoms with Crippen LogP contribution in [0.4, 0.5) is 5.69 Å². The number of ether oxygens (including phenoxy) is 1. The number of hydrogen-bond acceptors (Lipinski definition) is 2. The molecule has 0 saturated carbocycles. The van der Waals surface area contributed by atoms with Crippen LogP contribution in [0.5, 0.6) is 5.75 Å². The molecule has 0 fully saturated rings. The zero-order valence-electron chi connectivity index (χ0n) is 10.9. The first-order chi connectivity index (χ1) is 8.65. The SMILES string of the molecule is C=CCOc1cccc(NC(=S)N[C@@H](C)CC)c1. The van der Waals surface area contributed by atoms with E-state index in [1.807, 2.05) is 24.3 Å². The van der Waals surface area contributed by atoms with Gasteiger partial charge >= 0.3 is 0 Å². The van der Waals surface area contributed by atoms with E-state index < -0.39 is 0 Å². The predicted molar refractivity (Wildman–Crippen MR) is 81.2 cm³/mol. The highest BCUT2D eigenvalue weighted by atomic mass is 32.1. The van der Waals surface area contributed by atoms with E-state index in [1.54, 1.807) is 6.08 Å². The van der Waals surface area contributed by atoms with E-state index in [4.69, 9.17) is 17.0 Å². The second kappa shape index (κ2) is 7.71. The van der Waals surface area contributed by atoms with Gasteiger partial charge in [0.1, 0.15) is 12.4 Å². The molecular formula is C14H20N2OS. The van der Waals surface area contributed by atoms with Crippen LogP contribution in [-0.2, 0) is 0 Å². The van der Waals surface area contributed by atoms with Crippen LogP contribution >= 0.6 is 12.2 Å². The highest BCUT2D eigenvalue weighted by Crippen LogP contribution is 2.17. The molecule has 1 aromatic carbocycles. The van der Waals surface area contributed by atoms with Gasteiger partial charge in [0.25, 0.3) is 0 Å². The lowest BCUT2D eigenvalue weighted by atomic mass is 10.3. The Bertz CT molecular complexity index is 407. The summed E-state index contributed by atoms with van der Waals surface area (Å²) in [5, 5.41) is 6.97. The Balaban J connectivity index is 2.55. The van der Waals surface area contributed by atoms with Crippen LogP contribution in [0, 0.1) is 0 Å². The van der Waals surface area contributed by atoms with Gasteiger partial charge in [-0.05, 0) is 37.7 Å². The van der Waals surface area contributed by atoms with Crippen molar-refractivity contribution in [2.75, 3.05) is 11.9 Å². The number of rotatable bonds is 6. The van der Waals surface area contributed by atoms with Crippen LogP contribution in [0.3, 0.4) is 0 Å². The summed E-state index contributed by atoms with van der Waals surface area (Å²) < 4.78 is 5.46. The Morgan fingerprint density at radius 3 is 3.00 bits per heavy atom. The van der Waals surface area contributed by atoms with Crippen molar-refractivity contribution in [3.05, 3.63) is 36.9 Å². The Hall–Kier alpha value is -1.55. The molecule has 0 amide bonds. The van der Waals surface area contributed by atoms with E-state index in [-0.39, 0.29) is 0 Å². The zero-order valence-corrected chi connectivity index (χ0v) is 11.7. The molecule has 0 radical (unpaired) electrons. The number of hydrogen-bond donors (Lipinski definition) is 2. The molecule has 1 atom stereocenters. The Morgan fingerprint density at radius 2 is 2.33 bits per heavy atom. The largest absolute Gasteiger partial charge is 0.489 e. The third kappa shape index (κ3) is 5.19. The normalized spacial score (nSPS) is 11.4. The standard InChI is InChI=1S/C14H20N2OS/c1-4-9-17-13-8-6-7-12(10-13)16-14(18)15-11(3)5-2/h4,6-8,10-11H,1,5,9H2,2-3H3,(H2,15,16,18)/t11-/m0/s1. The molecule has 0 aliphatic heterocycles. The fourth-order valence-electron chi connectivity index (χ4n) is 1.31. The van der Waals surface area contributed by atoms with Gasteiger partial charge in [-0.2, -0.15) is 0 Å². The molecule has 98 valence electrons. The number of thiocarbonyl (C=S) groups is 1. The minimum absolute atomic E-state index is 0.366. The van der Waals surface area contributed by atoms with E-state index in [0.717, 1.165) is 17.9 Å². The summed E-state index contributed by atoms with van der Waals surface area (Å²) in [4.78, 5) is 0. The molecule has 0 aliphatic carbocycles. The number of benzene rings is 1. The smallest absolute Gasteiger partial charge is 0.170 e. The molecule has 0 spiro atoms. The Kier molecular flexibility index (Phi) is 6.22. The summed E-state index contributed by atoms with van der Waals surface area (Å²) in [5.74, 6) is 0.797. The lowest BCUT2D eigenvalue weighted by Gasteiger charge is -2.15. The summed E-state index contributed by atoms with van der Waals surface area (Å²) in [6, 6.07) is 8.05. The molecule has 1 aromatic rings. The second-order valence-corrected chi connectivity index (χ2v) is 4.44. The van der Waals surface area contributed by atoms with Gasteiger partial charge in [-0.3, -0.25) is 0 Å². The molecule has 0 bridgehead atoms. The van der Waals surface area contributed by atoms with Crippen LogP contribution in [0.25, 0.3) is 0 Å². The summed E-state index contributed by atoms with van der Waals surface area (Å²) in [6.45, 7) is 8.33. The van der Waals surface area contributed by atoms with Gasteiger partial charge in [-0.25, -0.2) is 0 Å². The van der Waals surface area contributed by atoms with Gasteiger partial charge in [0.05, 0.1) is 0 Å². The maximum atomic E-state index is 5.46. The van der Waals surface area contributed by atoms with Gasteiger partial charge in [0.2, 0.25) is 0 Å². The van der Waals surface area contributed by atoms with Crippen LogP contribution in [-0.4, -0.2) is 17.8 Å². The topological polar surface area (TPSA) is 33.3 Å². The van der Waals surface area contributed by atoms with Gasteiger partial charge < -0.3 is 15.4 Å². The van der Waals surface area contributed by atoms with Gasteiger partial charge in [0, 0.05) is 17.8 Å². The Morgan fingerprint density at radius 1 is 1.56 bits per heavy atom. The first-order valence-electron chi connectivity index (χ1n) is 6.07. The number of anilines is 1. The second-order valence-electron chi connectivity index (χ2n) is 4.04. The molecule has 0 aliphatic rings. The van der Waals surface area contributed by atoms with Crippen molar-refractivity contribution in [3.8, 4) is 5.75 Å². The molecule has 18 heavy (non-hydrogen) atoms. The maximum absolute atomic E-state index is 5.46. The minimum Gasteiger partial charge on any atom is -0.489 e. The third-order valence-electron chi connectivity index (χ3n) is 2.45. The van der Waals surface area contributed by atoms with E-state index in [9.17, 15) is 0 Å². The fraction of sp³-hybridized carbons (Fsp3) is 0.357. The quantitative estimate of drug-likeness (QED) is 0.610. The first-order valence-corrected chi connectivity index (χ1v) is 6.47. The average Bonchev–Trinajstić information content (AvgIpc) is 2.36. The third-order valence-corrected chi connectivity index (χ3v) is 2.67. The first kappa shape index (κ1) is 14.5. The van der Waals surface area contributed by atoms with Crippen molar-refractivity contribution in [2.24, 2.45) is 0 Å². The van der Waals surface area contributed by atoms with Crippen LogP contribution in [0.2, 0.25) is 0 Å². The van der Waals surface area contributed by atoms with Crippen molar-refractivity contribution in [1.29, 1.82) is 0 Å². The lowest BCUT2D eigenvalue weighted by molar-refractivity contribution is 0.363. The fourth-order valence-corrected chi connectivity index (χ4v) is 1.63. The molecule has 0 heterocycles. The predicted octanol–water partition coefficient (Wildman–Crippen LogP) is 3.34. The molecular weight excluding hydrogens is 244 g/mol. The van der Waals surface area contributed by atoms with Gasteiger partial charge in [0.15, 0.2) is 5.11 Å². The summed E-state index contributed by atoms with van der Waals surface area (Å²) in [5.41, 5.74) is 0.914. The molecule has 1 rings (SSSR count). The van der Waals surface area contributed by atoms with Crippen molar-refractivity contribution >= 4 is 23.0 Å². The van der Waals surface area contributed by atoms with Crippen LogP contribution < -0.4 is 15.4 Å². The van der Waals surface area contributed by atoms with E-state index in [1.165, 1.54) is 0 Å². The molecule has 2 N–H and O–H groups in total. The van der Waals surface area contributed by atoms with Crippen molar-refractivity contribution in [3.63, 3.8) is 0 Å². The van der Waals surface area contributed by atoms with Gasteiger partial charge in [-0.15, -0.1) is 0 Å². The molecule has 0 saturated heterocycles. The highest BCUT2D eigenvalue weighted by Gasteiger charge is 2.02. The molecule has 3 nitrogen and oxygen atoms in total. The van der Waals surface area contributed by atoms with Crippen LogP contribution in [0.15, 0.2) is 36.9 Å². The zero-order chi connectivity index (χ0) is 13.4. The lowest BCUT2D eigenvalue weighted by Crippen LogP contribution is -2.35. The Labute approximate surface area is 114 Å². The number of nitrogens with one attached hydrogen (secondary N) is 2.